The van der Waals surface area contributed by atoms with E-state index in [0.717, 1.165) is 17.1 Å². The molecule has 20 heavy (non-hydrogen) atoms. The number of aryl methyl sites for hydroxylation is 2. The number of amides is 1. The molecule has 0 saturated heterocycles. The van der Waals surface area contributed by atoms with Crippen LogP contribution >= 0.6 is 11.3 Å². The molecule has 0 unspecified atom stereocenters. The van der Waals surface area contributed by atoms with Gasteiger partial charge in [-0.05, 0) is 26.0 Å². The minimum absolute atomic E-state index is 0.118. The summed E-state index contributed by atoms with van der Waals surface area (Å²) < 4.78 is 0. The monoisotopic (exact) mass is 290 g/mol. The summed E-state index contributed by atoms with van der Waals surface area (Å²) in [7, 11) is 1.75. The third kappa shape index (κ3) is 3.33. The summed E-state index contributed by atoms with van der Waals surface area (Å²) in [5.41, 5.74) is 1.63. The van der Waals surface area contributed by atoms with Crippen LogP contribution in [0.5, 0.6) is 0 Å². The lowest BCUT2D eigenvalue weighted by Gasteiger charge is -2.07. The van der Waals surface area contributed by atoms with E-state index in [1.807, 2.05) is 6.92 Å². The molecule has 0 aromatic carbocycles. The molecule has 106 valence electrons. The van der Waals surface area contributed by atoms with Gasteiger partial charge in [0.25, 0.3) is 5.91 Å². The first-order valence-electron chi connectivity index (χ1n) is 6.45. The second kappa shape index (κ2) is 6.47. The highest BCUT2D eigenvalue weighted by Crippen LogP contribution is 2.16. The zero-order valence-electron chi connectivity index (χ0n) is 11.9. The number of aromatic nitrogens is 2. The van der Waals surface area contributed by atoms with Gasteiger partial charge in [-0.2, -0.15) is 0 Å². The van der Waals surface area contributed by atoms with Gasteiger partial charge in [0.05, 0.1) is 16.3 Å². The van der Waals surface area contributed by atoms with E-state index in [9.17, 15) is 4.79 Å². The Morgan fingerprint density at radius 1 is 1.40 bits per heavy atom. The SMILES string of the molecule is CNc1ncccc1C(=O)NCCc1nc(C)c(C)s1. The number of hydrogen-bond acceptors (Lipinski definition) is 5. The topological polar surface area (TPSA) is 66.9 Å². The summed E-state index contributed by atoms with van der Waals surface area (Å²) in [5.74, 6) is 0.471. The van der Waals surface area contributed by atoms with Crippen LogP contribution in [-0.4, -0.2) is 29.5 Å². The molecule has 5 nitrogen and oxygen atoms in total. The third-order valence-electron chi connectivity index (χ3n) is 2.99. The molecule has 0 spiro atoms. The molecule has 2 heterocycles. The van der Waals surface area contributed by atoms with Crippen molar-refractivity contribution in [2.24, 2.45) is 0 Å². The van der Waals surface area contributed by atoms with Crippen molar-refractivity contribution in [3.05, 3.63) is 39.5 Å². The van der Waals surface area contributed by atoms with Crippen molar-refractivity contribution in [1.29, 1.82) is 0 Å². The van der Waals surface area contributed by atoms with Gasteiger partial charge in [0, 0.05) is 31.1 Å². The maximum absolute atomic E-state index is 12.1. The molecule has 0 aliphatic carbocycles. The first-order chi connectivity index (χ1) is 9.61. The third-order valence-corrected chi connectivity index (χ3v) is 4.12. The lowest BCUT2D eigenvalue weighted by molar-refractivity contribution is 0.0954. The van der Waals surface area contributed by atoms with Crippen molar-refractivity contribution in [3.8, 4) is 0 Å². The van der Waals surface area contributed by atoms with Gasteiger partial charge >= 0.3 is 0 Å². The van der Waals surface area contributed by atoms with Crippen LogP contribution in [0.25, 0.3) is 0 Å². The number of rotatable bonds is 5. The Labute approximate surface area is 122 Å². The average molecular weight is 290 g/mol. The predicted molar refractivity (Wildman–Crippen MR) is 81.4 cm³/mol. The van der Waals surface area contributed by atoms with Gasteiger partial charge in [-0.3, -0.25) is 4.79 Å². The maximum atomic E-state index is 12.1. The molecule has 2 aromatic rings. The van der Waals surface area contributed by atoms with E-state index in [-0.39, 0.29) is 5.91 Å². The minimum atomic E-state index is -0.118. The number of anilines is 1. The van der Waals surface area contributed by atoms with Crippen LogP contribution in [0, 0.1) is 13.8 Å². The lowest BCUT2D eigenvalue weighted by atomic mass is 10.2. The fourth-order valence-corrected chi connectivity index (χ4v) is 2.75. The summed E-state index contributed by atoms with van der Waals surface area (Å²) >= 11 is 1.68. The Hall–Kier alpha value is -1.95. The molecule has 0 atom stereocenters. The predicted octanol–water partition coefficient (Wildman–Crippen LogP) is 2.17. The molecule has 6 heteroatoms. The van der Waals surface area contributed by atoms with Crippen LogP contribution < -0.4 is 10.6 Å². The van der Waals surface area contributed by atoms with Gasteiger partial charge in [0.2, 0.25) is 0 Å². The molecular formula is C14H18N4OS. The molecule has 2 rings (SSSR count). The first kappa shape index (κ1) is 14.5. The maximum Gasteiger partial charge on any atom is 0.255 e. The van der Waals surface area contributed by atoms with Crippen LogP contribution in [0.15, 0.2) is 18.3 Å². The van der Waals surface area contributed by atoms with Gasteiger partial charge in [-0.25, -0.2) is 9.97 Å². The van der Waals surface area contributed by atoms with Crippen LogP contribution in [-0.2, 0) is 6.42 Å². The van der Waals surface area contributed by atoms with E-state index in [4.69, 9.17) is 0 Å². The van der Waals surface area contributed by atoms with Crippen LogP contribution in [0.2, 0.25) is 0 Å². The molecule has 0 radical (unpaired) electrons. The zero-order valence-corrected chi connectivity index (χ0v) is 12.7. The molecule has 1 amide bonds. The van der Waals surface area contributed by atoms with Crippen molar-refractivity contribution >= 4 is 23.1 Å². The largest absolute Gasteiger partial charge is 0.372 e. The summed E-state index contributed by atoms with van der Waals surface area (Å²) in [6, 6.07) is 3.51. The summed E-state index contributed by atoms with van der Waals surface area (Å²) in [4.78, 5) is 21.9. The smallest absolute Gasteiger partial charge is 0.255 e. The van der Waals surface area contributed by atoms with Crippen molar-refractivity contribution < 1.29 is 4.79 Å². The summed E-state index contributed by atoms with van der Waals surface area (Å²) in [6.45, 7) is 4.63. The number of nitrogens with one attached hydrogen (secondary N) is 2. The highest BCUT2D eigenvalue weighted by Gasteiger charge is 2.11. The molecule has 0 aliphatic heterocycles. The highest BCUT2D eigenvalue weighted by atomic mass is 32.1. The van der Waals surface area contributed by atoms with E-state index in [2.05, 4.69) is 27.5 Å². The Morgan fingerprint density at radius 3 is 2.85 bits per heavy atom. The molecule has 0 fully saturated rings. The van der Waals surface area contributed by atoms with E-state index in [1.54, 1.807) is 36.7 Å². The Morgan fingerprint density at radius 2 is 2.20 bits per heavy atom. The van der Waals surface area contributed by atoms with E-state index >= 15 is 0 Å². The van der Waals surface area contributed by atoms with Gasteiger partial charge in [0.15, 0.2) is 0 Å². The Balaban J connectivity index is 1.92. The summed E-state index contributed by atoms with van der Waals surface area (Å²) in [6.07, 6.45) is 2.41. The fraction of sp³-hybridized carbons (Fsp3) is 0.357. The highest BCUT2D eigenvalue weighted by molar-refractivity contribution is 7.11. The average Bonchev–Trinajstić information content (AvgIpc) is 2.77. The van der Waals surface area contributed by atoms with Crippen LogP contribution in [0.3, 0.4) is 0 Å². The number of hydrogen-bond donors (Lipinski definition) is 2. The van der Waals surface area contributed by atoms with Crippen molar-refractivity contribution in [2.75, 3.05) is 18.9 Å². The van der Waals surface area contributed by atoms with Crippen molar-refractivity contribution in [2.45, 2.75) is 20.3 Å². The first-order valence-corrected chi connectivity index (χ1v) is 7.27. The fourth-order valence-electron chi connectivity index (χ4n) is 1.81. The minimum Gasteiger partial charge on any atom is -0.372 e. The number of pyridine rings is 1. The quantitative estimate of drug-likeness (QED) is 0.885. The summed E-state index contributed by atoms with van der Waals surface area (Å²) in [5, 5.41) is 6.87. The zero-order chi connectivity index (χ0) is 14.5. The van der Waals surface area contributed by atoms with E-state index < -0.39 is 0 Å². The Bertz CT molecular complexity index is 589. The second-order valence-corrected chi connectivity index (χ2v) is 5.69. The van der Waals surface area contributed by atoms with E-state index in [0.29, 0.717) is 17.9 Å². The van der Waals surface area contributed by atoms with Crippen molar-refractivity contribution in [1.82, 2.24) is 15.3 Å². The molecule has 0 bridgehead atoms. The van der Waals surface area contributed by atoms with Crippen LogP contribution in [0.4, 0.5) is 5.82 Å². The van der Waals surface area contributed by atoms with Crippen LogP contribution in [0.1, 0.15) is 25.9 Å². The number of nitrogens with zero attached hydrogens (tertiary/aromatic N) is 2. The lowest BCUT2D eigenvalue weighted by Crippen LogP contribution is -2.26. The van der Waals surface area contributed by atoms with Gasteiger partial charge in [0.1, 0.15) is 5.82 Å². The molecule has 2 N–H and O–H groups in total. The second-order valence-electron chi connectivity index (χ2n) is 4.40. The van der Waals surface area contributed by atoms with Gasteiger partial charge in [-0.1, -0.05) is 0 Å². The van der Waals surface area contributed by atoms with Crippen molar-refractivity contribution in [3.63, 3.8) is 0 Å². The number of carbonyl (C=O) groups excluding carboxylic acids is 1. The number of carbonyl (C=O) groups is 1. The number of thiazole rings is 1. The molecular weight excluding hydrogens is 272 g/mol. The van der Waals surface area contributed by atoms with Gasteiger partial charge in [-0.15, -0.1) is 11.3 Å². The molecule has 2 aromatic heterocycles. The molecule has 0 aliphatic rings. The Kier molecular flexibility index (Phi) is 4.68. The normalized spacial score (nSPS) is 10.3. The molecule has 0 saturated carbocycles. The standard InChI is InChI=1S/C14H18N4OS/c1-9-10(2)20-12(18-9)6-8-17-14(19)11-5-4-7-16-13(11)15-3/h4-5,7H,6,8H2,1-3H3,(H,15,16)(H,17,19). The van der Waals surface area contributed by atoms with Gasteiger partial charge < -0.3 is 10.6 Å². The van der Waals surface area contributed by atoms with E-state index in [1.165, 1.54) is 4.88 Å².